The number of amides is 2. The van der Waals surface area contributed by atoms with E-state index < -0.39 is 48.7 Å². The molecule has 0 aliphatic rings. The van der Waals surface area contributed by atoms with Crippen LogP contribution in [0.5, 0.6) is 0 Å². The Hall–Kier alpha value is -2.40. The number of alkyl halides is 4. The molecule has 0 aromatic rings. The summed E-state index contributed by atoms with van der Waals surface area (Å²) in [7, 11) is 0. The number of carbonyl (C=O) groups excluding carboxylic acids is 2. The van der Waals surface area contributed by atoms with E-state index in [4.69, 9.17) is 10.2 Å². The minimum absolute atomic E-state index is 0.983. The van der Waals surface area contributed by atoms with Gasteiger partial charge >= 0.3 is 23.8 Å². The second-order valence-electron chi connectivity index (χ2n) is 3.30. The largest absolute Gasteiger partial charge is 0.480 e. The number of aliphatic carboxylic acids is 2. The van der Waals surface area contributed by atoms with Crippen LogP contribution >= 0.6 is 0 Å². The molecular formula is C8H8F4N2O6. The van der Waals surface area contributed by atoms with Gasteiger partial charge in [-0.3, -0.25) is 19.2 Å². The Morgan fingerprint density at radius 2 is 1.00 bits per heavy atom. The molecule has 0 aliphatic heterocycles. The first kappa shape index (κ1) is 17.6. The standard InChI is InChI=1S/C8H8F4N2O6/c9-7(10,5(19)13-1-3(15)16)8(11,12)6(20)14-2-4(17)18/h1-2H2,(H,13,19)(H,14,20)(H,15,16)(H,17,18). The molecule has 2 amide bonds. The van der Waals surface area contributed by atoms with Gasteiger partial charge in [0.1, 0.15) is 13.1 Å². The number of hydrogen-bond donors (Lipinski definition) is 4. The minimum atomic E-state index is -5.55. The van der Waals surface area contributed by atoms with Crippen molar-refractivity contribution < 1.29 is 47.0 Å². The van der Waals surface area contributed by atoms with Gasteiger partial charge in [0, 0.05) is 0 Å². The summed E-state index contributed by atoms with van der Waals surface area (Å²) in [6, 6.07) is 0. The van der Waals surface area contributed by atoms with Crippen LogP contribution in [0.4, 0.5) is 17.6 Å². The molecule has 20 heavy (non-hydrogen) atoms. The van der Waals surface area contributed by atoms with Crippen LogP contribution in [0.1, 0.15) is 0 Å². The molecule has 0 aliphatic carbocycles. The van der Waals surface area contributed by atoms with E-state index in [1.807, 2.05) is 0 Å². The fraction of sp³-hybridized carbons (Fsp3) is 0.500. The molecule has 12 heteroatoms. The van der Waals surface area contributed by atoms with E-state index in [-0.39, 0.29) is 0 Å². The lowest BCUT2D eigenvalue weighted by molar-refractivity contribution is -0.211. The fourth-order valence-electron chi connectivity index (χ4n) is 0.819. The van der Waals surface area contributed by atoms with E-state index >= 15 is 0 Å². The third kappa shape index (κ3) is 4.07. The number of nitrogens with one attached hydrogen (secondary N) is 2. The van der Waals surface area contributed by atoms with Crippen molar-refractivity contribution in [3.8, 4) is 0 Å². The Kier molecular flexibility index (Phi) is 5.42. The van der Waals surface area contributed by atoms with Gasteiger partial charge in [-0.25, -0.2) is 0 Å². The van der Waals surface area contributed by atoms with Crippen LogP contribution in [-0.2, 0) is 19.2 Å². The highest BCUT2D eigenvalue weighted by Crippen LogP contribution is 2.34. The van der Waals surface area contributed by atoms with E-state index in [1.165, 1.54) is 0 Å². The Morgan fingerprint density at radius 3 is 1.20 bits per heavy atom. The number of halogens is 4. The maximum absolute atomic E-state index is 13.1. The van der Waals surface area contributed by atoms with Crippen molar-refractivity contribution in [3.05, 3.63) is 0 Å². The number of carboxylic acid groups (broad SMARTS) is 2. The van der Waals surface area contributed by atoms with Crippen LogP contribution in [0.25, 0.3) is 0 Å². The first-order chi connectivity index (χ1) is 8.92. The molecule has 0 rings (SSSR count). The van der Waals surface area contributed by atoms with Gasteiger partial charge in [0.05, 0.1) is 0 Å². The van der Waals surface area contributed by atoms with Crippen molar-refractivity contribution in [1.29, 1.82) is 0 Å². The lowest BCUT2D eigenvalue weighted by atomic mass is 10.1. The fourth-order valence-corrected chi connectivity index (χ4v) is 0.819. The molecule has 8 nitrogen and oxygen atoms in total. The van der Waals surface area contributed by atoms with Gasteiger partial charge in [0.15, 0.2) is 0 Å². The van der Waals surface area contributed by atoms with E-state index in [9.17, 15) is 36.7 Å². The van der Waals surface area contributed by atoms with Gasteiger partial charge in [-0.2, -0.15) is 17.6 Å². The third-order valence-electron chi connectivity index (χ3n) is 1.77. The summed E-state index contributed by atoms with van der Waals surface area (Å²) in [5.41, 5.74) is 0. The van der Waals surface area contributed by atoms with Crippen LogP contribution in [-0.4, -0.2) is 58.9 Å². The van der Waals surface area contributed by atoms with Crippen LogP contribution in [0.2, 0.25) is 0 Å². The molecule has 0 atom stereocenters. The predicted octanol–water partition coefficient (Wildman–Crippen LogP) is -1.34. The summed E-state index contributed by atoms with van der Waals surface area (Å²) >= 11 is 0. The smallest absolute Gasteiger partial charge is 0.395 e. The van der Waals surface area contributed by atoms with Gasteiger partial charge in [0.2, 0.25) is 0 Å². The molecule has 0 saturated heterocycles. The number of carboxylic acids is 2. The van der Waals surface area contributed by atoms with E-state index in [1.54, 1.807) is 0 Å². The summed E-state index contributed by atoms with van der Waals surface area (Å²) in [6.07, 6.45) is 0. The van der Waals surface area contributed by atoms with Gasteiger partial charge < -0.3 is 20.8 Å². The van der Waals surface area contributed by atoms with Crippen molar-refractivity contribution in [1.82, 2.24) is 10.6 Å². The summed E-state index contributed by atoms with van der Waals surface area (Å²) in [4.78, 5) is 41.5. The first-order valence-electron chi connectivity index (χ1n) is 4.68. The van der Waals surface area contributed by atoms with Gasteiger partial charge in [0.25, 0.3) is 11.8 Å². The molecule has 0 unspecified atom stereocenters. The second-order valence-corrected chi connectivity index (χ2v) is 3.30. The monoisotopic (exact) mass is 304 g/mol. The van der Waals surface area contributed by atoms with E-state index in [0.29, 0.717) is 0 Å². The van der Waals surface area contributed by atoms with E-state index in [0.717, 1.165) is 10.6 Å². The van der Waals surface area contributed by atoms with Gasteiger partial charge in [-0.1, -0.05) is 0 Å². The average Bonchev–Trinajstić information content (AvgIpc) is 2.32. The first-order valence-corrected chi connectivity index (χ1v) is 4.68. The van der Waals surface area contributed by atoms with Gasteiger partial charge in [-0.05, 0) is 0 Å². The third-order valence-corrected chi connectivity index (χ3v) is 1.77. The number of hydrogen-bond acceptors (Lipinski definition) is 4. The zero-order chi connectivity index (χ0) is 16.1. The number of rotatable bonds is 7. The lowest BCUT2D eigenvalue weighted by Gasteiger charge is -2.23. The zero-order valence-electron chi connectivity index (χ0n) is 9.45. The molecule has 0 fully saturated rings. The molecule has 0 aromatic heterocycles. The summed E-state index contributed by atoms with van der Waals surface area (Å²) < 4.78 is 52.2. The molecule has 0 aromatic carbocycles. The number of carbonyl (C=O) groups is 4. The Morgan fingerprint density at radius 1 is 0.750 bits per heavy atom. The predicted molar refractivity (Wildman–Crippen MR) is 51.2 cm³/mol. The maximum atomic E-state index is 13.1. The highest BCUT2D eigenvalue weighted by atomic mass is 19.3. The van der Waals surface area contributed by atoms with Crippen molar-refractivity contribution >= 4 is 23.8 Å². The molecular weight excluding hydrogens is 296 g/mol. The minimum Gasteiger partial charge on any atom is -0.480 e. The molecule has 0 saturated carbocycles. The SMILES string of the molecule is O=C(O)CNC(=O)C(F)(F)C(F)(F)C(=O)NCC(=O)O. The average molecular weight is 304 g/mol. The normalized spacial score (nSPS) is 11.6. The highest BCUT2D eigenvalue weighted by molar-refractivity contribution is 5.96. The second kappa shape index (κ2) is 6.16. The lowest BCUT2D eigenvalue weighted by Crippen LogP contribution is -2.60. The summed E-state index contributed by atoms with van der Waals surface area (Å²) in [5.74, 6) is -20.0. The van der Waals surface area contributed by atoms with Crippen LogP contribution in [0.3, 0.4) is 0 Å². The molecule has 0 bridgehead atoms. The Labute approximate surface area is 107 Å². The Bertz CT molecular complexity index is 399. The zero-order valence-corrected chi connectivity index (χ0v) is 9.45. The molecule has 0 spiro atoms. The molecule has 4 N–H and O–H groups in total. The summed E-state index contributed by atoms with van der Waals surface area (Å²) in [5, 5.41) is 18.2. The van der Waals surface area contributed by atoms with Crippen molar-refractivity contribution in [3.63, 3.8) is 0 Å². The topological polar surface area (TPSA) is 133 Å². The van der Waals surface area contributed by atoms with Crippen LogP contribution in [0.15, 0.2) is 0 Å². The van der Waals surface area contributed by atoms with Gasteiger partial charge in [-0.15, -0.1) is 0 Å². The summed E-state index contributed by atoms with van der Waals surface area (Å²) in [6.45, 7) is -2.72. The molecule has 0 radical (unpaired) electrons. The molecule has 114 valence electrons. The van der Waals surface area contributed by atoms with Crippen molar-refractivity contribution in [2.45, 2.75) is 11.8 Å². The molecule has 0 heterocycles. The van der Waals surface area contributed by atoms with Crippen LogP contribution in [0, 0.1) is 0 Å². The van der Waals surface area contributed by atoms with Crippen LogP contribution < -0.4 is 10.6 Å². The Balaban J connectivity index is 4.94. The quantitative estimate of drug-likeness (QED) is 0.430. The van der Waals surface area contributed by atoms with Crippen molar-refractivity contribution in [2.75, 3.05) is 13.1 Å². The van der Waals surface area contributed by atoms with Crippen molar-refractivity contribution in [2.24, 2.45) is 0 Å². The maximum Gasteiger partial charge on any atom is 0.395 e. The highest BCUT2D eigenvalue weighted by Gasteiger charge is 2.66. The van der Waals surface area contributed by atoms with E-state index in [2.05, 4.69) is 0 Å².